The summed E-state index contributed by atoms with van der Waals surface area (Å²) in [7, 11) is -4.22. The third-order valence-corrected chi connectivity index (χ3v) is 5.28. The van der Waals surface area contributed by atoms with Crippen molar-refractivity contribution < 1.29 is 18.0 Å². The van der Waals surface area contributed by atoms with Gasteiger partial charge in [0.1, 0.15) is 4.90 Å². The van der Waals surface area contributed by atoms with Gasteiger partial charge in [-0.15, -0.1) is 0 Å². The van der Waals surface area contributed by atoms with Crippen LogP contribution in [0, 0.1) is 0 Å². The first kappa shape index (κ1) is 20.0. The van der Waals surface area contributed by atoms with E-state index in [0.717, 1.165) is 18.6 Å². The van der Waals surface area contributed by atoms with Gasteiger partial charge in [0.05, 0.1) is 21.6 Å². The number of sulfonamides is 1. The highest BCUT2D eigenvalue weighted by Crippen LogP contribution is 2.31. The van der Waals surface area contributed by atoms with E-state index in [1.165, 1.54) is 0 Å². The van der Waals surface area contributed by atoms with Gasteiger partial charge >= 0.3 is 0 Å². The molecule has 0 bridgehead atoms. The van der Waals surface area contributed by atoms with Crippen molar-refractivity contribution in [3.05, 3.63) is 27.2 Å². The molecule has 0 aromatic heterocycles. The van der Waals surface area contributed by atoms with E-state index < -0.39 is 22.5 Å². The lowest BCUT2D eigenvalue weighted by molar-refractivity contribution is -0.125. The van der Waals surface area contributed by atoms with E-state index in [1.54, 1.807) is 4.72 Å². The predicted molar refractivity (Wildman–Crippen MR) is 89.3 cm³/mol. The Bertz CT molecular complexity index is 707. The Hall–Kier alpha value is -1.02. The number of carbonyl (C=O) groups excluding carboxylic acids is 2. The fraction of sp³-hybridized carbons (Fsp3) is 0.385. The van der Waals surface area contributed by atoms with Gasteiger partial charge in [-0.3, -0.25) is 9.59 Å². The molecule has 0 radical (unpaired) electrons. The zero-order valence-electron chi connectivity index (χ0n) is 12.2. The quantitative estimate of drug-likeness (QED) is 0.687. The number of amides is 2. The highest BCUT2D eigenvalue weighted by atomic mass is 35.5. The molecule has 0 fully saturated rings. The van der Waals surface area contributed by atoms with Gasteiger partial charge in [0.25, 0.3) is 15.9 Å². The maximum Gasteiger partial charge on any atom is 0.265 e. The standard InChI is InChI=1S/C13H15Cl3N2O4S/c1-2-3-4-12(19)17-7-13(20)18-23(21,22)11-6-9(15)8(14)5-10(11)16/h5-6H,2-4,7H2,1H3,(H,17,19)(H,18,20). The number of hydrogen-bond acceptors (Lipinski definition) is 4. The van der Waals surface area contributed by atoms with Crippen LogP contribution in [0.2, 0.25) is 15.1 Å². The van der Waals surface area contributed by atoms with Crippen LogP contribution in [0.5, 0.6) is 0 Å². The Labute approximate surface area is 149 Å². The number of unbranched alkanes of at least 4 members (excludes halogenated alkanes) is 1. The van der Waals surface area contributed by atoms with Crippen LogP contribution in [0.1, 0.15) is 26.2 Å². The summed E-state index contributed by atoms with van der Waals surface area (Å²) in [6.45, 7) is 1.47. The first-order chi connectivity index (χ1) is 10.7. The lowest BCUT2D eigenvalue weighted by atomic mass is 10.2. The fourth-order valence-electron chi connectivity index (χ4n) is 1.56. The zero-order valence-corrected chi connectivity index (χ0v) is 15.2. The van der Waals surface area contributed by atoms with Crippen LogP contribution in [0.25, 0.3) is 0 Å². The molecule has 0 saturated heterocycles. The monoisotopic (exact) mass is 400 g/mol. The van der Waals surface area contributed by atoms with E-state index in [2.05, 4.69) is 5.32 Å². The molecule has 0 aliphatic rings. The Morgan fingerprint density at radius 2 is 1.65 bits per heavy atom. The van der Waals surface area contributed by atoms with Crippen molar-refractivity contribution in [2.75, 3.05) is 6.54 Å². The van der Waals surface area contributed by atoms with E-state index in [9.17, 15) is 18.0 Å². The number of nitrogens with one attached hydrogen (secondary N) is 2. The molecule has 1 aromatic carbocycles. The van der Waals surface area contributed by atoms with E-state index in [4.69, 9.17) is 34.8 Å². The second-order valence-corrected chi connectivity index (χ2v) is 7.48. The first-order valence-electron chi connectivity index (χ1n) is 6.64. The van der Waals surface area contributed by atoms with Crippen molar-refractivity contribution >= 4 is 56.6 Å². The Morgan fingerprint density at radius 3 is 2.26 bits per heavy atom. The fourth-order valence-corrected chi connectivity index (χ4v) is 3.54. The van der Waals surface area contributed by atoms with Crippen molar-refractivity contribution in [1.29, 1.82) is 0 Å². The first-order valence-corrected chi connectivity index (χ1v) is 9.26. The minimum Gasteiger partial charge on any atom is -0.347 e. The Morgan fingerprint density at radius 1 is 1.04 bits per heavy atom. The number of hydrogen-bond donors (Lipinski definition) is 2. The van der Waals surface area contributed by atoms with E-state index >= 15 is 0 Å². The number of rotatable bonds is 7. The van der Waals surface area contributed by atoms with Crippen molar-refractivity contribution in [2.45, 2.75) is 31.1 Å². The van der Waals surface area contributed by atoms with Gasteiger partial charge in [0.2, 0.25) is 5.91 Å². The summed E-state index contributed by atoms with van der Waals surface area (Å²) in [6, 6.07) is 2.21. The number of benzene rings is 1. The molecule has 0 unspecified atom stereocenters. The predicted octanol–water partition coefficient (Wildman–Crippen LogP) is 2.76. The lowest BCUT2D eigenvalue weighted by Crippen LogP contribution is -2.39. The third kappa shape index (κ3) is 6.18. The molecule has 0 saturated carbocycles. The van der Waals surface area contributed by atoms with Gasteiger partial charge in [-0.25, -0.2) is 13.1 Å². The molecule has 0 aliphatic carbocycles. The average molecular weight is 402 g/mol. The van der Waals surface area contributed by atoms with Crippen LogP contribution in [-0.2, 0) is 19.6 Å². The number of carbonyl (C=O) groups is 2. The SMILES string of the molecule is CCCCC(=O)NCC(=O)NS(=O)(=O)c1cc(Cl)c(Cl)cc1Cl. The van der Waals surface area contributed by atoms with Crippen LogP contribution < -0.4 is 10.0 Å². The molecule has 6 nitrogen and oxygen atoms in total. The van der Waals surface area contributed by atoms with Gasteiger partial charge in [-0.2, -0.15) is 0 Å². The maximum atomic E-state index is 12.1. The van der Waals surface area contributed by atoms with E-state index in [1.807, 2.05) is 6.92 Å². The highest BCUT2D eigenvalue weighted by molar-refractivity contribution is 7.90. The molecule has 2 N–H and O–H groups in total. The molecule has 0 atom stereocenters. The molecule has 0 spiro atoms. The van der Waals surface area contributed by atoms with Crippen LogP contribution in [0.3, 0.4) is 0 Å². The Kier molecular flexibility index (Phi) is 7.60. The van der Waals surface area contributed by atoms with Crippen LogP contribution in [0.15, 0.2) is 17.0 Å². The van der Waals surface area contributed by atoms with Gasteiger partial charge in [0, 0.05) is 6.42 Å². The molecule has 2 amide bonds. The molecule has 1 aromatic rings. The van der Waals surface area contributed by atoms with Gasteiger partial charge in [-0.1, -0.05) is 48.1 Å². The minimum atomic E-state index is -4.22. The summed E-state index contributed by atoms with van der Waals surface area (Å²) in [5, 5.41) is 2.23. The second-order valence-electron chi connectivity index (χ2n) is 4.61. The summed E-state index contributed by atoms with van der Waals surface area (Å²) < 4.78 is 26.0. The third-order valence-electron chi connectivity index (χ3n) is 2.72. The summed E-state index contributed by atoms with van der Waals surface area (Å²) in [5.74, 6) is -1.22. The van der Waals surface area contributed by atoms with Crippen molar-refractivity contribution in [3.8, 4) is 0 Å². The Balaban J connectivity index is 2.74. The maximum absolute atomic E-state index is 12.1. The average Bonchev–Trinajstić information content (AvgIpc) is 2.46. The van der Waals surface area contributed by atoms with Crippen LogP contribution in [-0.4, -0.2) is 26.8 Å². The summed E-state index contributed by atoms with van der Waals surface area (Å²) in [6.07, 6.45) is 1.80. The number of halogens is 3. The summed E-state index contributed by atoms with van der Waals surface area (Å²) >= 11 is 17.3. The molecular formula is C13H15Cl3N2O4S. The normalized spacial score (nSPS) is 11.1. The largest absolute Gasteiger partial charge is 0.347 e. The lowest BCUT2D eigenvalue weighted by Gasteiger charge is -2.10. The second kappa shape index (κ2) is 8.73. The molecule has 128 valence electrons. The molecule has 0 heterocycles. The summed E-state index contributed by atoms with van der Waals surface area (Å²) in [4.78, 5) is 22.7. The highest BCUT2D eigenvalue weighted by Gasteiger charge is 2.22. The van der Waals surface area contributed by atoms with Crippen molar-refractivity contribution in [2.24, 2.45) is 0 Å². The van der Waals surface area contributed by atoms with Crippen LogP contribution >= 0.6 is 34.8 Å². The van der Waals surface area contributed by atoms with Crippen molar-refractivity contribution in [1.82, 2.24) is 10.0 Å². The van der Waals surface area contributed by atoms with Gasteiger partial charge in [-0.05, 0) is 18.6 Å². The minimum absolute atomic E-state index is 0.0169. The van der Waals surface area contributed by atoms with E-state index in [0.29, 0.717) is 6.42 Å². The molecule has 23 heavy (non-hydrogen) atoms. The van der Waals surface area contributed by atoms with Crippen LogP contribution in [0.4, 0.5) is 0 Å². The molecule has 10 heteroatoms. The smallest absolute Gasteiger partial charge is 0.265 e. The molecule has 1 rings (SSSR count). The molecular weight excluding hydrogens is 387 g/mol. The molecule has 0 aliphatic heterocycles. The van der Waals surface area contributed by atoms with Crippen molar-refractivity contribution in [3.63, 3.8) is 0 Å². The topological polar surface area (TPSA) is 92.3 Å². The zero-order chi connectivity index (χ0) is 17.6. The van der Waals surface area contributed by atoms with E-state index in [-0.39, 0.29) is 32.3 Å². The van der Waals surface area contributed by atoms with Gasteiger partial charge in [0.15, 0.2) is 0 Å². The van der Waals surface area contributed by atoms with Gasteiger partial charge < -0.3 is 5.32 Å². The summed E-state index contributed by atoms with van der Waals surface area (Å²) in [5.41, 5.74) is 0.